The predicted octanol–water partition coefficient (Wildman–Crippen LogP) is 3.55. The summed E-state index contributed by atoms with van der Waals surface area (Å²) < 4.78 is 0. The molecule has 0 aromatic heterocycles. The van der Waals surface area contributed by atoms with Gasteiger partial charge in [0.1, 0.15) is 0 Å². The van der Waals surface area contributed by atoms with Gasteiger partial charge in [-0.15, -0.1) is 0 Å². The molecule has 1 heteroatoms. The van der Waals surface area contributed by atoms with Crippen LogP contribution in [0.15, 0.2) is 0 Å². The van der Waals surface area contributed by atoms with E-state index in [1.807, 2.05) is 0 Å². The van der Waals surface area contributed by atoms with Crippen molar-refractivity contribution < 1.29 is 0 Å². The molecule has 0 saturated heterocycles. The standard InChI is InChI=1S/C12H28Si/c1-5-8-11(4)12(13,9-6-2)10-7-3/h11H,5-10H2,1-4,13H3. The Labute approximate surface area is 87.9 Å². The van der Waals surface area contributed by atoms with Gasteiger partial charge in [0.25, 0.3) is 0 Å². The van der Waals surface area contributed by atoms with Crippen LogP contribution in [0.25, 0.3) is 0 Å². The van der Waals surface area contributed by atoms with E-state index in [-0.39, 0.29) is 0 Å². The molecular weight excluding hydrogens is 172 g/mol. The first-order valence-electron chi connectivity index (χ1n) is 6.10. The molecule has 0 aliphatic rings. The fourth-order valence-corrected chi connectivity index (χ4v) is 3.83. The summed E-state index contributed by atoms with van der Waals surface area (Å²) in [6.45, 7) is 9.46. The highest BCUT2D eigenvalue weighted by Crippen LogP contribution is 2.43. The van der Waals surface area contributed by atoms with Gasteiger partial charge in [0.05, 0.1) is 0 Å². The van der Waals surface area contributed by atoms with Crippen LogP contribution in [0.3, 0.4) is 0 Å². The minimum Gasteiger partial charge on any atom is -0.0654 e. The Balaban J connectivity index is 4.18. The van der Waals surface area contributed by atoms with Gasteiger partial charge in [0.15, 0.2) is 0 Å². The molecule has 0 spiro atoms. The molecule has 0 aromatic rings. The fraction of sp³-hybridized carbons (Fsp3) is 1.00. The topological polar surface area (TPSA) is 0 Å². The van der Waals surface area contributed by atoms with Crippen LogP contribution in [0.5, 0.6) is 0 Å². The Bertz CT molecular complexity index is 114. The third-order valence-corrected chi connectivity index (χ3v) is 5.54. The van der Waals surface area contributed by atoms with Crippen molar-refractivity contribution in [3.63, 3.8) is 0 Å². The molecule has 13 heavy (non-hydrogen) atoms. The first-order chi connectivity index (χ1) is 6.10. The highest BCUT2D eigenvalue weighted by molar-refractivity contribution is 6.15. The van der Waals surface area contributed by atoms with Crippen LogP contribution >= 0.6 is 0 Å². The third kappa shape index (κ3) is 4.30. The second kappa shape index (κ2) is 6.64. The Morgan fingerprint density at radius 2 is 1.46 bits per heavy atom. The summed E-state index contributed by atoms with van der Waals surface area (Å²) in [5, 5.41) is 0.750. The van der Waals surface area contributed by atoms with E-state index in [9.17, 15) is 0 Å². The highest BCUT2D eigenvalue weighted by Gasteiger charge is 2.28. The van der Waals surface area contributed by atoms with Gasteiger partial charge in [-0.25, -0.2) is 0 Å². The van der Waals surface area contributed by atoms with Crippen molar-refractivity contribution in [3.8, 4) is 0 Å². The molecular formula is C12H28Si. The summed E-state index contributed by atoms with van der Waals surface area (Å²) in [6.07, 6.45) is 8.47. The molecule has 0 aliphatic carbocycles. The zero-order chi connectivity index (χ0) is 10.3. The van der Waals surface area contributed by atoms with Crippen molar-refractivity contribution in [1.29, 1.82) is 0 Å². The van der Waals surface area contributed by atoms with Crippen LogP contribution in [0.1, 0.15) is 66.2 Å². The van der Waals surface area contributed by atoms with Crippen LogP contribution in [0.4, 0.5) is 0 Å². The largest absolute Gasteiger partial charge is 0.0654 e. The van der Waals surface area contributed by atoms with Gasteiger partial charge in [0, 0.05) is 10.2 Å². The fourth-order valence-electron chi connectivity index (χ4n) is 2.54. The molecule has 80 valence electrons. The molecule has 0 amide bonds. The van der Waals surface area contributed by atoms with E-state index in [1.54, 1.807) is 0 Å². The molecule has 0 aliphatic heterocycles. The van der Waals surface area contributed by atoms with Crippen LogP contribution < -0.4 is 0 Å². The maximum atomic E-state index is 2.47. The van der Waals surface area contributed by atoms with Gasteiger partial charge in [-0.1, -0.05) is 66.2 Å². The van der Waals surface area contributed by atoms with Crippen LogP contribution in [0.2, 0.25) is 5.04 Å². The van der Waals surface area contributed by atoms with Gasteiger partial charge < -0.3 is 0 Å². The average molecular weight is 200 g/mol. The number of hydrogen-bond donors (Lipinski definition) is 0. The zero-order valence-electron chi connectivity index (χ0n) is 10.3. The normalized spacial score (nSPS) is 14.8. The minimum absolute atomic E-state index is 0.750. The molecule has 0 saturated carbocycles. The molecule has 0 heterocycles. The second-order valence-corrected chi connectivity index (χ2v) is 6.84. The van der Waals surface area contributed by atoms with Gasteiger partial charge in [-0.05, 0) is 11.0 Å². The van der Waals surface area contributed by atoms with Crippen molar-refractivity contribution in [2.75, 3.05) is 0 Å². The lowest BCUT2D eigenvalue weighted by atomic mass is 9.82. The van der Waals surface area contributed by atoms with Crippen LogP contribution in [0, 0.1) is 5.92 Å². The summed E-state index contributed by atoms with van der Waals surface area (Å²) in [5.41, 5.74) is 0. The molecule has 0 nitrogen and oxygen atoms in total. The molecule has 0 fully saturated rings. The average Bonchev–Trinajstić information content (AvgIpc) is 2.05. The quantitative estimate of drug-likeness (QED) is 0.551. The van der Waals surface area contributed by atoms with Crippen LogP contribution in [-0.2, 0) is 0 Å². The number of rotatable bonds is 7. The smallest absolute Gasteiger partial charge is 0.0110 e. The van der Waals surface area contributed by atoms with Crippen molar-refractivity contribution in [3.05, 3.63) is 0 Å². The molecule has 0 rings (SSSR count). The van der Waals surface area contributed by atoms with Crippen LogP contribution in [-0.4, -0.2) is 10.2 Å². The summed E-state index contributed by atoms with van der Waals surface area (Å²) in [5.74, 6) is 0.962. The van der Waals surface area contributed by atoms with E-state index >= 15 is 0 Å². The molecule has 0 bridgehead atoms. The molecule has 1 atom stereocenters. The zero-order valence-corrected chi connectivity index (χ0v) is 12.3. The second-order valence-electron chi connectivity index (χ2n) is 4.84. The van der Waals surface area contributed by atoms with E-state index in [2.05, 4.69) is 27.7 Å². The maximum absolute atomic E-state index is 2.47. The first kappa shape index (κ1) is 13.2. The summed E-state index contributed by atoms with van der Waals surface area (Å²) in [4.78, 5) is 0. The minimum atomic E-state index is 0.750. The van der Waals surface area contributed by atoms with Gasteiger partial charge in [-0.2, -0.15) is 0 Å². The Morgan fingerprint density at radius 1 is 1.00 bits per heavy atom. The van der Waals surface area contributed by atoms with Crippen molar-refractivity contribution in [2.24, 2.45) is 5.92 Å². The molecule has 1 unspecified atom stereocenters. The first-order valence-corrected chi connectivity index (χ1v) is 7.10. The monoisotopic (exact) mass is 200 g/mol. The predicted molar refractivity (Wildman–Crippen MR) is 66.5 cm³/mol. The Morgan fingerprint density at radius 3 is 1.77 bits per heavy atom. The maximum Gasteiger partial charge on any atom is 0.0110 e. The van der Waals surface area contributed by atoms with E-state index in [4.69, 9.17) is 0 Å². The summed E-state index contributed by atoms with van der Waals surface area (Å²) in [6, 6.07) is 0. The van der Waals surface area contributed by atoms with Crippen molar-refractivity contribution in [1.82, 2.24) is 0 Å². The highest BCUT2D eigenvalue weighted by atomic mass is 28.1. The SMILES string of the molecule is CCCC(C)C([SiH3])(CCC)CCC. The molecule has 0 N–H and O–H groups in total. The van der Waals surface area contributed by atoms with Gasteiger partial charge in [0.2, 0.25) is 0 Å². The Kier molecular flexibility index (Phi) is 6.75. The van der Waals surface area contributed by atoms with E-state index in [0.29, 0.717) is 0 Å². The van der Waals surface area contributed by atoms with Crippen molar-refractivity contribution >= 4 is 10.2 Å². The summed E-state index contributed by atoms with van der Waals surface area (Å²) in [7, 11) is 1.39. The summed E-state index contributed by atoms with van der Waals surface area (Å²) >= 11 is 0. The van der Waals surface area contributed by atoms with Crippen molar-refractivity contribution in [2.45, 2.75) is 71.3 Å². The lowest BCUT2D eigenvalue weighted by Gasteiger charge is -2.35. The third-order valence-electron chi connectivity index (χ3n) is 3.55. The lowest BCUT2D eigenvalue weighted by molar-refractivity contribution is 0.314. The van der Waals surface area contributed by atoms with E-state index in [0.717, 1.165) is 11.0 Å². The molecule has 0 aromatic carbocycles. The molecule has 0 radical (unpaired) electrons. The van der Waals surface area contributed by atoms with Gasteiger partial charge in [-0.3, -0.25) is 0 Å². The Hall–Kier alpha value is 0.217. The number of hydrogen-bond acceptors (Lipinski definition) is 0. The van der Waals surface area contributed by atoms with E-state index in [1.165, 1.54) is 48.8 Å². The van der Waals surface area contributed by atoms with Gasteiger partial charge >= 0.3 is 0 Å². The van der Waals surface area contributed by atoms with E-state index < -0.39 is 0 Å². The lowest BCUT2D eigenvalue weighted by Crippen LogP contribution is -2.21.